The van der Waals surface area contributed by atoms with Gasteiger partial charge in [0.1, 0.15) is 5.75 Å². The smallest absolute Gasteiger partial charge is 0.428 e. The number of rotatable bonds is 5. The second kappa shape index (κ2) is 5.22. The summed E-state index contributed by atoms with van der Waals surface area (Å²) in [7, 11) is 0. The molecule has 1 rings (SSSR count). The van der Waals surface area contributed by atoms with Gasteiger partial charge in [-0.1, -0.05) is 15.9 Å². The Kier molecular flexibility index (Phi) is 4.37. The zero-order valence-corrected chi connectivity index (χ0v) is 10.2. The summed E-state index contributed by atoms with van der Waals surface area (Å²) < 4.78 is 56.9. The molecule has 0 aliphatic carbocycles. The van der Waals surface area contributed by atoms with Crippen molar-refractivity contribution in [1.82, 2.24) is 0 Å². The summed E-state index contributed by atoms with van der Waals surface area (Å²) in [5, 5.41) is 0. The van der Waals surface area contributed by atoms with E-state index in [1.54, 1.807) is 0 Å². The number of hydrogen-bond acceptors (Lipinski definition) is 2. The van der Waals surface area contributed by atoms with Crippen molar-refractivity contribution in [2.75, 3.05) is 6.54 Å². The van der Waals surface area contributed by atoms with Gasteiger partial charge in [-0.25, -0.2) is 0 Å². The van der Waals surface area contributed by atoms with Gasteiger partial charge in [-0.05, 0) is 30.8 Å². The van der Waals surface area contributed by atoms with Gasteiger partial charge in [-0.3, -0.25) is 0 Å². The molecule has 0 radical (unpaired) electrons. The van der Waals surface area contributed by atoms with E-state index in [9.17, 15) is 17.6 Å². The highest BCUT2D eigenvalue weighted by molar-refractivity contribution is 9.10. The van der Waals surface area contributed by atoms with E-state index in [4.69, 9.17) is 5.73 Å². The van der Waals surface area contributed by atoms with Crippen molar-refractivity contribution in [3.05, 3.63) is 28.7 Å². The summed E-state index contributed by atoms with van der Waals surface area (Å²) in [6.45, 7) is -0.549. The molecule has 0 heterocycles. The molecule has 1 aromatic carbocycles. The molecular weight excluding hydrogens is 306 g/mol. The molecule has 0 amide bonds. The van der Waals surface area contributed by atoms with Gasteiger partial charge in [0.25, 0.3) is 0 Å². The SMILES string of the molecule is NCCC(F)(F)C(F)(F)Oc1ccc(Br)cc1. The van der Waals surface area contributed by atoms with Crippen LogP contribution in [0.3, 0.4) is 0 Å². The zero-order chi connectivity index (χ0) is 13.1. The zero-order valence-electron chi connectivity index (χ0n) is 8.60. The Morgan fingerprint density at radius 3 is 2.12 bits per heavy atom. The van der Waals surface area contributed by atoms with Gasteiger partial charge >= 0.3 is 12.0 Å². The van der Waals surface area contributed by atoms with Crippen molar-refractivity contribution in [3.8, 4) is 5.75 Å². The van der Waals surface area contributed by atoms with Crippen molar-refractivity contribution in [2.24, 2.45) is 5.73 Å². The Labute approximate surface area is 104 Å². The van der Waals surface area contributed by atoms with Crippen LogP contribution in [0.5, 0.6) is 5.75 Å². The van der Waals surface area contributed by atoms with Gasteiger partial charge in [0.2, 0.25) is 0 Å². The maximum Gasteiger partial charge on any atom is 0.464 e. The van der Waals surface area contributed by atoms with Gasteiger partial charge in [-0.2, -0.15) is 17.6 Å². The van der Waals surface area contributed by atoms with E-state index in [1.165, 1.54) is 12.1 Å². The Morgan fingerprint density at radius 2 is 1.65 bits per heavy atom. The van der Waals surface area contributed by atoms with Crippen LogP contribution in [0.15, 0.2) is 28.7 Å². The molecule has 2 N–H and O–H groups in total. The molecule has 17 heavy (non-hydrogen) atoms. The van der Waals surface area contributed by atoms with Gasteiger partial charge in [0.05, 0.1) is 0 Å². The van der Waals surface area contributed by atoms with Crippen LogP contribution in [0.2, 0.25) is 0 Å². The maximum atomic E-state index is 13.1. The molecule has 0 spiro atoms. The molecule has 0 aliphatic rings. The molecule has 0 unspecified atom stereocenters. The average molecular weight is 316 g/mol. The first-order valence-electron chi connectivity index (χ1n) is 4.69. The van der Waals surface area contributed by atoms with Crippen LogP contribution in [-0.4, -0.2) is 18.6 Å². The van der Waals surface area contributed by atoms with Crippen molar-refractivity contribution in [3.63, 3.8) is 0 Å². The topological polar surface area (TPSA) is 35.2 Å². The molecule has 0 saturated carbocycles. The molecule has 0 aromatic heterocycles. The molecule has 7 heteroatoms. The summed E-state index contributed by atoms with van der Waals surface area (Å²) in [4.78, 5) is 0. The Hall–Kier alpha value is -0.820. The molecule has 0 atom stereocenters. The van der Waals surface area contributed by atoms with Crippen LogP contribution >= 0.6 is 15.9 Å². The molecule has 0 aliphatic heterocycles. The van der Waals surface area contributed by atoms with Gasteiger partial charge in [0.15, 0.2) is 0 Å². The lowest BCUT2D eigenvalue weighted by Gasteiger charge is -2.26. The minimum absolute atomic E-state index is 0.338. The van der Waals surface area contributed by atoms with Crippen molar-refractivity contribution in [2.45, 2.75) is 18.5 Å². The number of hydrogen-bond donors (Lipinski definition) is 1. The van der Waals surface area contributed by atoms with Crippen LogP contribution in [0.4, 0.5) is 17.6 Å². The van der Waals surface area contributed by atoms with E-state index in [-0.39, 0.29) is 5.75 Å². The third kappa shape index (κ3) is 3.57. The average Bonchev–Trinajstić information content (AvgIpc) is 2.21. The van der Waals surface area contributed by atoms with Crippen LogP contribution in [-0.2, 0) is 0 Å². The third-order valence-corrected chi connectivity index (χ3v) is 2.47. The van der Waals surface area contributed by atoms with Gasteiger partial charge < -0.3 is 10.5 Å². The Morgan fingerprint density at radius 1 is 1.12 bits per heavy atom. The fraction of sp³-hybridized carbons (Fsp3) is 0.400. The first-order valence-corrected chi connectivity index (χ1v) is 5.48. The molecule has 96 valence electrons. The highest BCUT2D eigenvalue weighted by atomic mass is 79.9. The van der Waals surface area contributed by atoms with Crippen LogP contribution in [0, 0.1) is 0 Å². The lowest BCUT2D eigenvalue weighted by molar-refractivity contribution is -0.310. The summed E-state index contributed by atoms with van der Waals surface area (Å²) in [6.07, 6.45) is -5.73. The molecule has 2 nitrogen and oxygen atoms in total. The molecule has 1 aromatic rings. The first-order chi connectivity index (χ1) is 7.78. The van der Waals surface area contributed by atoms with E-state index in [0.717, 1.165) is 12.1 Å². The third-order valence-electron chi connectivity index (χ3n) is 1.94. The fourth-order valence-electron chi connectivity index (χ4n) is 1.05. The summed E-state index contributed by atoms with van der Waals surface area (Å²) in [6, 6.07) is 5.14. The summed E-state index contributed by atoms with van der Waals surface area (Å²) in [5.74, 6) is -4.63. The van der Waals surface area contributed by atoms with Crippen LogP contribution in [0.25, 0.3) is 0 Å². The lowest BCUT2D eigenvalue weighted by atomic mass is 10.2. The largest absolute Gasteiger partial charge is 0.464 e. The highest BCUT2D eigenvalue weighted by Gasteiger charge is 2.58. The van der Waals surface area contributed by atoms with Crippen molar-refractivity contribution < 1.29 is 22.3 Å². The normalized spacial score (nSPS) is 12.6. The molecule has 0 bridgehead atoms. The number of ether oxygens (including phenoxy) is 1. The van der Waals surface area contributed by atoms with E-state index in [1.807, 2.05) is 0 Å². The maximum absolute atomic E-state index is 13.1. The highest BCUT2D eigenvalue weighted by Crippen LogP contribution is 2.38. The summed E-state index contributed by atoms with van der Waals surface area (Å²) in [5.41, 5.74) is 4.85. The number of benzene rings is 1. The molecule has 0 saturated heterocycles. The van der Waals surface area contributed by atoms with Gasteiger partial charge in [0, 0.05) is 10.9 Å². The van der Waals surface area contributed by atoms with E-state index < -0.39 is 25.0 Å². The lowest BCUT2D eigenvalue weighted by Crippen LogP contribution is -2.46. The number of nitrogens with two attached hydrogens (primary N) is 1. The molecule has 0 fully saturated rings. The Balaban J connectivity index is 2.81. The second-order valence-corrected chi connectivity index (χ2v) is 4.23. The predicted molar refractivity (Wildman–Crippen MR) is 58.3 cm³/mol. The van der Waals surface area contributed by atoms with Crippen molar-refractivity contribution in [1.29, 1.82) is 0 Å². The van der Waals surface area contributed by atoms with E-state index in [2.05, 4.69) is 20.7 Å². The number of alkyl halides is 4. The van der Waals surface area contributed by atoms with Gasteiger partial charge in [-0.15, -0.1) is 0 Å². The molecular formula is C10H10BrF4NO. The second-order valence-electron chi connectivity index (χ2n) is 3.32. The quantitative estimate of drug-likeness (QED) is 0.845. The van der Waals surface area contributed by atoms with Crippen molar-refractivity contribution >= 4 is 15.9 Å². The predicted octanol–water partition coefficient (Wildman–Crippen LogP) is 3.40. The van der Waals surface area contributed by atoms with E-state index in [0.29, 0.717) is 4.47 Å². The number of halogens is 5. The van der Waals surface area contributed by atoms with E-state index >= 15 is 0 Å². The van der Waals surface area contributed by atoms with Crippen LogP contribution < -0.4 is 10.5 Å². The minimum atomic E-state index is -4.58. The first kappa shape index (κ1) is 14.2. The Bertz CT molecular complexity index is 369. The van der Waals surface area contributed by atoms with Crippen LogP contribution in [0.1, 0.15) is 6.42 Å². The minimum Gasteiger partial charge on any atom is -0.428 e. The monoisotopic (exact) mass is 315 g/mol. The fourth-order valence-corrected chi connectivity index (χ4v) is 1.32. The summed E-state index contributed by atoms with van der Waals surface area (Å²) >= 11 is 3.08. The standard InChI is InChI=1S/C10H10BrF4NO/c11-7-1-3-8(4-2-7)17-10(14,15)9(12,13)5-6-16/h1-4H,5-6,16H2.